The maximum absolute atomic E-state index is 12.5. The maximum atomic E-state index is 12.5. The zero-order valence-corrected chi connectivity index (χ0v) is 15.5. The Morgan fingerprint density at radius 3 is 2.48 bits per heavy atom. The number of nitro benzene ring substituents is 1. The highest BCUT2D eigenvalue weighted by Crippen LogP contribution is 2.29. The van der Waals surface area contributed by atoms with Gasteiger partial charge in [0.15, 0.2) is 0 Å². The van der Waals surface area contributed by atoms with Crippen LogP contribution in [0.1, 0.15) is 54.4 Å². The summed E-state index contributed by atoms with van der Waals surface area (Å²) in [4.78, 5) is 23.6. The van der Waals surface area contributed by atoms with Crippen molar-refractivity contribution in [2.45, 2.75) is 51.5 Å². The molecule has 1 aliphatic rings. The van der Waals surface area contributed by atoms with E-state index in [1.54, 1.807) is 18.2 Å². The fourth-order valence-corrected chi connectivity index (χ4v) is 3.52. The Kier molecular flexibility index (Phi) is 6.06. The van der Waals surface area contributed by atoms with Crippen molar-refractivity contribution in [2.75, 3.05) is 10.6 Å². The van der Waals surface area contributed by atoms with E-state index < -0.39 is 4.92 Å². The van der Waals surface area contributed by atoms with Gasteiger partial charge in [0.2, 0.25) is 0 Å². The molecule has 0 spiro atoms. The van der Waals surface area contributed by atoms with E-state index in [0.717, 1.165) is 31.2 Å². The smallest absolute Gasteiger partial charge is 0.293 e. The van der Waals surface area contributed by atoms with Gasteiger partial charge in [0.05, 0.1) is 4.92 Å². The van der Waals surface area contributed by atoms with Gasteiger partial charge in [-0.2, -0.15) is 0 Å². The summed E-state index contributed by atoms with van der Waals surface area (Å²) in [6, 6.07) is 12.3. The average molecular weight is 367 g/mol. The molecule has 142 valence electrons. The third-order valence-electron chi connectivity index (χ3n) is 4.95. The van der Waals surface area contributed by atoms with Crippen LogP contribution in [-0.2, 0) is 0 Å². The first-order valence-electron chi connectivity index (χ1n) is 9.46. The molecule has 6 nitrogen and oxygen atoms in total. The first-order chi connectivity index (χ1) is 13.0. The minimum Gasteiger partial charge on any atom is -0.377 e. The Hall–Kier alpha value is -2.89. The summed E-state index contributed by atoms with van der Waals surface area (Å²) in [5.41, 5.74) is 2.40. The Morgan fingerprint density at radius 2 is 1.81 bits per heavy atom. The Bertz CT molecular complexity index is 827. The molecule has 0 radical (unpaired) electrons. The number of aryl methyl sites for hydroxylation is 1. The first-order valence-corrected chi connectivity index (χ1v) is 9.46. The predicted molar refractivity (Wildman–Crippen MR) is 107 cm³/mol. The predicted octanol–water partition coefficient (Wildman–Crippen LogP) is 5.29. The fourth-order valence-electron chi connectivity index (χ4n) is 3.52. The quantitative estimate of drug-likeness (QED) is 0.427. The molecule has 2 aromatic carbocycles. The lowest BCUT2D eigenvalue weighted by molar-refractivity contribution is -0.384. The molecule has 27 heavy (non-hydrogen) atoms. The van der Waals surface area contributed by atoms with Gasteiger partial charge < -0.3 is 10.6 Å². The topological polar surface area (TPSA) is 84.3 Å². The number of nitrogens with one attached hydrogen (secondary N) is 2. The summed E-state index contributed by atoms with van der Waals surface area (Å²) < 4.78 is 0. The van der Waals surface area contributed by atoms with Crippen LogP contribution in [0, 0.1) is 17.0 Å². The molecule has 3 rings (SSSR count). The molecule has 2 aromatic rings. The van der Waals surface area contributed by atoms with Gasteiger partial charge in [0.1, 0.15) is 5.69 Å². The molecular formula is C21H25N3O3. The van der Waals surface area contributed by atoms with E-state index in [4.69, 9.17) is 0 Å². The fraction of sp³-hybridized carbons (Fsp3) is 0.381. The van der Waals surface area contributed by atoms with Gasteiger partial charge in [-0.1, -0.05) is 37.8 Å². The highest BCUT2D eigenvalue weighted by Gasteiger charge is 2.21. The van der Waals surface area contributed by atoms with Crippen LogP contribution in [0.25, 0.3) is 0 Å². The highest BCUT2D eigenvalue weighted by molar-refractivity contribution is 6.05. The van der Waals surface area contributed by atoms with E-state index in [-0.39, 0.29) is 23.2 Å². The second kappa shape index (κ2) is 8.66. The van der Waals surface area contributed by atoms with Crippen LogP contribution in [0.3, 0.4) is 0 Å². The molecule has 0 heterocycles. The summed E-state index contributed by atoms with van der Waals surface area (Å²) in [6.45, 7) is 1.94. The summed E-state index contributed by atoms with van der Waals surface area (Å²) in [5, 5.41) is 17.7. The maximum Gasteiger partial charge on any atom is 0.293 e. The standard InChI is InChI=1S/C21H25N3O3/c1-15-7-6-10-18(13-15)23-21(25)16-11-12-19(20(14-16)24(26)27)22-17-8-4-2-3-5-9-17/h6-7,10-14,17,22H,2-5,8-9H2,1H3,(H,23,25). The molecule has 1 fully saturated rings. The van der Waals surface area contributed by atoms with Gasteiger partial charge in [-0.3, -0.25) is 14.9 Å². The van der Waals surface area contributed by atoms with Crippen LogP contribution in [-0.4, -0.2) is 16.9 Å². The largest absolute Gasteiger partial charge is 0.377 e. The lowest BCUT2D eigenvalue weighted by Gasteiger charge is -2.18. The zero-order chi connectivity index (χ0) is 19.2. The third-order valence-corrected chi connectivity index (χ3v) is 4.95. The zero-order valence-electron chi connectivity index (χ0n) is 15.5. The normalized spacial score (nSPS) is 15.0. The van der Waals surface area contributed by atoms with Crippen molar-refractivity contribution in [3.63, 3.8) is 0 Å². The molecule has 0 bridgehead atoms. The lowest BCUT2D eigenvalue weighted by atomic mass is 10.1. The van der Waals surface area contributed by atoms with Gasteiger partial charge in [0, 0.05) is 23.4 Å². The van der Waals surface area contributed by atoms with Crippen molar-refractivity contribution < 1.29 is 9.72 Å². The number of amides is 1. The van der Waals surface area contributed by atoms with E-state index in [9.17, 15) is 14.9 Å². The number of hydrogen-bond acceptors (Lipinski definition) is 4. The van der Waals surface area contributed by atoms with E-state index in [1.165, 1.54) is 18.9 Å². The summed E-state index contributed by atoms with van der Waals surface area (Å²) in [7, 11) is 0. The number of hydrogen-bond donors (Lipinski definition) is 2. The van der Waals surface area contributed by atoms with Crippen molar-refractivity contribution in [3.05, 3.63) is 63.7 Å². The van der Waals surface area contributed by atoms with Crippen molar-refractivity contribution in [3.8, 4) is 0 Å². The van der Waals surface area contributed by atoms with Crippen molar-refractivity contribution in [1.82, 2.24) is 0 Å². The lowest BCUT2D eigenvalue weighted by Crippen LogP contribution is -2.19. The number of benzene rings is 2. The molecule has 0 aromatic heterocycles. The Labute approximate surface area is 159 Å². The van der Waals surface area contributed by atoms with E-state index in [2.05, 4.69) is 10.6 Å². The minimum absolute atomic E-state index is 0.0591. The number of rotatable bonds is 5. The molecule has 0 aliphatic heterocycles. The van der Waals surface area contributed by atoms with Crippen LogP contribution < -0.4 is 10.6 Å². The molecule has 0 saturated heterocycles. The second-order valence-corrected chi connectivity index (χ2v) is 7.15. The van der Waals surface area contributed by atoms with Crippen molar-refractivity contribution >= 4 is 23.0 Å². The van der Waals surface area contributed by atoms with E-state index in [1.807, 2.05) is 25.1 Å². The van der Waals surface area contributed by atoms with Crippen LogP contribution in [0.5, 0.6) is 0 Å². The van der Waals surface area contributed by atoms with Gasteiger partial charge in [-0.25, -0.2) is 0 Å². The van der Waals surface area contributed by atoms with Gasteiger partial charge in [0.25, 0.3) is 11.6 Å². The summed E-state index contributed by atoms with van der Waals surface area (Å²) in [6.07, 6.45) is 6.76. The first kappa shape index (κ1) is 18.9. The average Bonchev–Trinajstić information content (AvgIpc) is 2.90. The summed E-state index contributed by atoms with van der Waals surface area (Å²) >= 11 is 0. The number of anilines is 2. The number of nitro groups is 1. The highest BCUT2D eigenvalue weighted by atomic mass is 16.6. The van der Waals surface area contributed by atoms with Crippen LogP contribution in [0.15, 0.2) is 42.5 Å². The van der Waals surface area contributed by atoms with Gasteiger partial charge >= 0.3 is 0 Å². The molecule has 1 aliphatic carbocycles. The molecular weight excluding hydrogens is 342 g/mol. The Balaban J connectivity index is 1.78. The number of carbonyl (C=O) groups is 1. The molecule has 6 heteroatoms. The van der Waals surface area contributed by atoms with Crippen LogP contribution >= 0.6 is 0 Å². The number of carbonyl (C=O) groups excluding carboxylic acids is 1. The molecule has 1 amide bonds. The van der Waals surface area contributed by atoms with Crippen LogP contribution in [0.2, 0.25) is 0 Å². The van der Waals surface area contributed by atoms with E-state index in [0.29, 0.717) is 11.4 Å². The molecule has 0 unspecified atom stereocenters. The van der Waals surface area contributed by atoms with Crippen LogP contribution in [0.4, 0.5) is 17.1 Å². The Morgan fingerprint density at radius 1 is 1.07 bits per heavy atom. The third kappa shape index (κ3) is 5.06. The molecule has 2 N–H and O–H groups in total. The van der Waals surface area contributed by atoms with Crippen molar-refractivity contribution in [2.24, 2.45) is 0 Å². The number of nitrogens with zero attached hydrogens (tertiary/aromatic N) is 1. The monoisotopic (exact) mass is 367 g/mol. The van der Waals surface area contributed by atoms with Gasteiger partial charge in [-0.05, 0) is 49.6 Å². The second-order valence-electron chi connectivity index (χ2n) is 7.15. The molecule has 0 atom stereocenters. The minimum atomic E-state index is -0.428. The van der Waals surface area contributed by atoms with E-state index >= 15 is 0 Å². The van der Waals surface area contributed by atoms with Gasteiger partial charge in [-0.15, -0.1) is 0 Å². The summed E-state index contributed by atoms with van der Waals surface area (Å²) in [5.74, 6) is -0.357. The SMILES string of the molecule is Cc1cccc(NC(=O)c2ccc(NC3CCCCCC3)c([N+](=O)[O-])c2)c1. The van der Waals surface area contributed by atoms with Crippen molar-refractivity contribution in [1.29, 1.82) is 0 Å². The molecule has 1 saturated carbocycles.